The molecule has 6 rings (SSSR count). The number of rotatable bonds is 8. The average molecular weight is 488 g/mol. The van der Waals surface area contributed by atoms with Crippen LogP contribution in [-0.2, 0) is 11.3 Å². The van der Waals surface area contributed by atoms with Crippen molar-refractivity contribution in [1.29, 1.82) is 0 Å². The number of carbonyl (C=O) groups is 1. The van der Waals surface area contributed by atoms with Gasteiger partial charge in [-0.1, -0.05) is 0 Å². The highest BCUT2D eigenvalue weighted by Crippen LogP contribution is 2.35. The number of Topliss-reactive ketones (excluding diaryl/α,β-unsaturated/α-hetero) is 1. The molecule has 10 nitrogen and oxygen atoms in total. The summed E-state index contributed by atoms with van der Waals surface area (Å²) in [5.41, 5.74) is 4.46. The van der Waals surface area contributed by atoms with Gasteiger partial charge in [0.1, 0.15) is 0 Å². The van der Waals surface area contributed by atoms with Gasteiger partial charge in [0.05, 0.1) is 17.9 Å². The van der Waals surface area contributed by atoms with Gasteiger partial charge in [-0.3, -0.25) is 9.69 Å². The number of aromatic amines is 1. The zero-order valence-electron chi connectivity index (χ0n) is 20.3. The van der Waals surface area contributed by atoms with Crippen LogP contribution >= 0.6 is 0 Å². The Morgan fingerprint density at radius 3 is 2.92 bits per heavy atom. The molecule has 2 atom stereocenters. The normalized spacial score (nSPS) is 20.3. The molecule has 1 aliphatic carbocycles. The zero-order valence-corrected chi connectivity index (χ0v) is 20.3. The molecule has 10 heteroatoms. The first-order valence-corrected chi connectivity index (χ1v) is 12.2. The van der Waals surface area contributed by atoms with Gasteiger partial charge < -0.3 is 20.1 Å². The molecule has 2 aliphatic rings. The first-order chi connectivity index (χ1) is 17.5. The summed E-state index contributed by atoms with van der Waals surface area (Å²) < 4.78 is 7.10. The Hall–Kier alpha value is -3.60. The second kappa shape index (κ2) is 9.12. The number of H-pyrrole nitrogens is 1. The number of aryl methyl sites for hydroxylation is 1. The average Bonchev–Trinajstić information content (AvgIpc) is 3.41. The molecule has 3 N–H and O–H groups in total. The molecule has 4 heterocycles. The van der Waals surface area contributed by atoms with Crippen LogP contribution < -0.4 is 5.32 Å². The molecule has 36 heavy (non-hydrogen) atoms. The maximum absolute atomic E-state index is 12.6. The molecular formula is C26H29N7O3. The van der Waals surface area contributed by atoms with Crippen molar-refractivity contribution >= 4 is 28.3 Å². The van der Waals surface area contributed by atoms with Crippen LogP contribution in [-0.4, -0.2) is 72.9 Å². The number of β-amino-alcohol motifs (C(OH)–C–C–N with tert-alkyl or cyclic N) is 1. The largest absolute Gasteiger partial charge is 0.389 e. The summed E-state index contributed by atoms with van der Waals surface area (Å²) in [5.74, 6) is 1.46. The van der Waals surface area contributed by atoms with Crippen LogP contribution in [0.15, 0.2) is 42.9 Å². The lowest BCUT2D eigenvalue weighted by molar-refractivity contribution is 0.0215. The van der Waals surface area contributed by atoms with Crippen molar-refractivity contribution in [2.24, 2.45) is 5.92 Å². The van der Waals surface area contributed by atoms with E-state index in [9.17, 15) is 9.90 Å². The third-order valence-electron chi connectivity index (χ3n) is 7.04. The molecule has 0 amide bonds. The number of aliphatic hydroxyl groups excluding tert-OH is 1. The van der Waals surface area contributed by atoms with Crippen molar-refractivity contribution in [3.63, 3.8) is 0 Å². The highest BCUT2D eigenvalue weighted by Gasteiger charge is 2.32. The van der Waals surface area contributed by atoms with Crippen LogP contribution in [0, 0.1) is 12.8 Å². The van der Waals surface area contributed by atoms with Crippen LogP contribution in [0.5, 0.6) is 0 Å². The number of ether oxygens (including phenoxy) is 1. The van der Waals surface area contributed by atoms with Crippen LogP contribution in [0.2, 0.25) is 0 Å². The number of hydrogen-bond acceptors (Lipinski definition) is 8. The fourth-order valence-corrected chi connectivity index (χ4v) is 4.84. The Morgan fingerprint density at radius 1 is 1.28 bits per heavy atom. The Balaban J connectivity index is 1.20. The number of aliphatic hydroxyl groups is 1. The SMILES string of the molecule is CO[C@@H]1CN(Cc2cn(-c3ccnc(Nc4ccc5[nH]cc(C(=O)C6CC6)c5c4)n3)nc2C)C[C@@H]1O. The monoisotopic (exact) mass is 487 g/mol. The summed E-state index contributed by atoms with van der Waals surface area (Å²) in [6.45, 7) is 3.91. The van der Waals surface area contributed by atoms with Gasteiger partial charge in [0.15, 0.2) is 11.6 Å². The van der Waals surface area contributed by atoms with E-state index in [0.717, 1.165) is 46.3 Å². The van der Waals surface area contributed by atoms with E-state index >= 15 is 0 Å². The summed E-state index contributed by atoms with van der Waals surface area (Å²) >= 11 is 0. The number of methoxy groups -OCH3 is 1. The molecule has 1 aliphatic heterocycles. The number of carbonyl (C=O) groups excluding carboxylic acids is 1. The molecule has 1 saturated carbocycles. The lowest BCUT2D eigenvalue weighted by atomic mass is 10.1. The number of anilines is 2. The van der Waals surface area contributed by atoms with Crippen molar-refractivity contribution in [2.45, 2.75) is 38.5 Å². The topological polar surface area (TPSA) is 121 Å². The molecule has 0 radical (unpaired) electrons. The molecule has 0 spiro atoms. The van der Waals surface area contributed by atoms with E-state index in [-0.39, 0.29) is 17.8 Å². The first kappa shape index (κ1) is 22.8. The molecule has 3 aromatic heterocycles. The van der Waals surface area contributed by atoms with Crippen molar-refractivity contribution < 1.29 is 14.6 Å². The number of nitrogens with one attached hydrogen (secondary N) is 2. The van der Waals surface area contributed by atoms with Crippen LogP contribution in [0.1, 0.15) is 34.5 Å². The second-order valence-electron chi connectivity index (χ2n) is 9.68. The number of ketones is 1. The van der Waals surface area contributed by atoms with Crippen LogP contribution in [0.25, 0.3) is 16.7 Å². The van der Waals surface area contributed by atoms with Gasteiger partial charge in [0.25, 0.3) is 0 Å². The highest BCUT2D eigenvalue weighted by molar-refractivity contribution is 6.10. The predicted molar refractivity (Wildman–Crippen MR) is 135 cm³/mol. The van der Waals surface area contributed by atoms with E-state index in [1.807, 2.05) is 43.6 Å². The predicted octanol–water partition coefficient (Wildman–Crippen LogP) is 2.98. The number of benzene rings is 1. The fourth-order valence-electron chi connectivity index (χ4n) is 4.84. The number of fused-ring (bicyclic) bond motifs is 1. The molecule has 2 fully saturated rings. The molecular weight excluding hydrogens is 458 g/mol. The number of aromatic nitrogens is 5. The smallest absolute Gasteiger partial charge is 0.229 e. The zero-order chi connectivity index (χ0) is 24.8. The van der Waals surface area contributed by atoms with E-state index in [1.54, 1.807) is 18.0 Å². The number of nitrogens with zero attached hydrogens (tertiary/aromatic N) is 5. The van der Waals surface area contributed by atoms with E-state index in [2.05, 4.69) is 30.3 Å². The molecule has 4 aromatic rings. The minimum Gasteiger partial charge on any atom is -0.389 e. The van der Waals surface area contributed by atoms with Gasteiger partial charge >= 0.3 is 0 Å². The second-order valence-corrected chi connectivity index (χ2v) is 9.68. The van der Waals surface area contributed by atoms with E-state index in [4.69, 9.17) is 4.74 Å². The molecule has 1 aromatic carbocycles. The van der Waals surface area contributed by atoms with Gasteiger partial charge in [-0.05, 0) is 38.0 Å². The molecule has 0 bridgehead atoms. The first-order valence-electron chi connectivity index (χ1n) is 12.2. The van der Waals surface area contributed by atoms with Crippen LogP contribution in [0.3, 0.4) is 0 Å². The van der Waals surface area contributed by atoms with Gasteiger partial charge in [-0.15, -0.1) is 0 Å². The maximum Gasteiger partial charge on any atom is 0.229 e. The van der Waals surface area contributed by atoms with Crippen molar-refractivity contribution in [1.82, 2.24) is 29.6 Å². The quantitative estimate of drug-likeness (QED) is 0.325. The molecule has 1 saturated heterocycles. The lowest BCUT2D eigenvalue weighted by Crippen LogP contribution is -2.25. The Labute approximate surface area is 208 Å². The minimum absolute atomic E-state index is 0.163. The van der Waals surface area contributed by atoms with Gasteiger partial charge in [0, 0.05) is 85.0 Å². The summed E-state index contributed by atoms with van der Waals surface area (Å²) in [4.78, 5) is 27.0. The summed E-state index contributed by atoms with van der Waals surface area (Å²) in [5, 5.41) is 19.0. The van der Waals surface area contributed by atoms with Crippen molar-refractivity contribution in [3.05, 3.63) is 59.7 Å². The van der Waals surface area contributed by atoms with E-state index in [1.165, 1.54) is 0 Å². The van der Waals surface area contributed by atoms with Crippen molar-refractivity contribution in [3.8, 4) is 5.82 Å². The fraction of sp³-hybridized carbons (Fsp3) is 0.385. The Morgan fingerprint density at radius 2 is 2.14 bits per heavy atom. The Bertz CT molecular complexity index is 1420. The van der Waals surface area contributed by atoms with E-state index < -0.39 is 6.10 Å². The van der Waals surface area contributed by atoms with Crippen LogP contribution in [0.4, 0.5) is 11.6 Å². The summed E-state index contributed by atoms with van der Waals surface area (Å²) in [6, 6.07) is 7.67. The molecule has 186 valence electrons. The van der Waals surface area contributed by atoms with E-state index in [0.29, 0.717) is 31.4 Å². The third kappa shape index (κ3) is 4.39. The number of hydrogen-bond donors (Lipinski definition) is 3. The van der Waals surface area contributed by atoms with Gasteiger partial charge in [0.2, 0.25) is 5.95 Å². The minimum atomic E-state index is -0.478. The summed E-state index contributed by atoms with van der Waals surface area (Å²) in [7, 11) is 1.63. The summed E-state index contributed by atoms with van der Waals surface area (Å²) in [6.07, 6.45) is 6.78. The van der Waals surface area contributed by atoms with Gasteiger partial charge in [-0.2, -0.15) is 10.1 Å². The molecule has 0 unspecified atom stereocenters. The van der Waals surface area contributed by atoms with Crippen molar-refractivity contribution in [2.75, 3.05) is 25.5 Å². The number of likely N-dealkylation sites (tertiary alicyclic amines) is 1. The lowest BCUT2D eigenvalue weighted by Gasteiger charge is -2.14. The highest BCUT2D eigenvalue weighted by atomic mass is 16.5. The maximum atomic E-state index is 12.6. The van der Waals surface area contributed by atoms with Gasteiger partial charge in [-0.25, -0.2) is 9.67 Å². The Kier molecular flexibility index (Phi) is 5.79. The standard InChI is InChI=1S/C26H29N7O3/c1-15-17(11-32-13-22(34)23(14-32)36-2)12-33(31-15)24-7-8-27-26(30-24)29-18-5-6-21-19(9-18)20(10-28-21)25(35)16-3-4-16/h5-10,12,16,22-23,28,34H,3-4,11,13-14H2,1-2H3,(H,27,29,30)/t22-,23+/m0/s1. The third-order valence-corrected chi connectivity index (χ3v) is 7.04.